The second-order valence-corrected chi connectivity index (χ2v) is 7.29. The van der Waals surface area contributed by atoms with E-state index in [0.29, 0.717) is 17.4 Å². The van der Waals surface area contributed by atoms with Crippen LogP contribution in [0.3, 0.4) is 0 Å². The molecule has 30 heavy (non-hydrogen) atoms. The van der Waals surface area contributed by atoms with Crippen LogP contribution in [0.25, 0.3) is 11.4 Å². The van der Waals surface area contributed by atoms with Crippen LogP contribution < -0.4 is 10.2 Å². The first-order valence-electron chi connectivity index (χ1n) is 9.34. The van der Waals surface area contributed by atoms with Gasteiger partial charge in [-0.25, -0.2) is 5.43 Å². The Kier molecular flexibility index (Phi) is 7.08. The van der Waals surface area contributed by atoms with Crippen LogP contribution in [0, 0.1) is 0 Å². The fourth-order valence-electron chi connectivity index (χ4n) is 2.71. The van der Waals surface area contributed by atoms with Crippen molar-refractivity contribution in [3.63, 3.8) is 0 Å². The SMILES string of the molecule is CCn1c(SCC(=O)NN=C(C)c2ccc(O)cc2)nnc1-c1ccc(OC)cc1. The minimum absolute atomic E-state index is 0.160. The number of rotatable bonds is 8. The summed E-state index contributed by atoms with van der Waals surface area (Å²) < 4.78 is 7.15. The maximum absolute atomic E-state index is 12.2. The number of amides is 1. The minimum Gasteiger partial charge on any atom is -0.508 e. The molecule has 156 valence electrons. The number of phenols is 1. The summed E-state index contributed by atoms with van der Waals surface area (Å²) in [7, 11) is 1.62. The standard InChI is InChI=1S/C21H23N5O3S/c1-4-26-20(16-7-11-18(29-3)12-8-16)24-25-21(26)30-13-19(28)23-22-14(2)15-5-9-17(27)10-6-15/h5-12,27H,4,13H2,1-3H3,(H,23,28). The van der Waals surface area contributed by atoms with Crippen LogP contribution in [-0.4, -0.2) is 44.4 Å². The van der Waals surface area contributed by atoms with Gasteiger partial charge in [0.1, 0.15) is 11.5 Å². The number of carbonyl (C=O) groups excluding carboxylic acids is 1. The number of aromatic nitrogens is 3. The van der Waals surface area contributed by atoms with Crippen LogP contribution in [0.2, 0.25) is 0 Å². The fourth-order valence-corrected chi connectivity index (χ4v) is 3.50. The molecule has 0 radical (unpaired) electrons. The number of carbonyl (C=O) groups is 1. The lowest BCUT2D eigenvalue weighted by atomic mass is 10.1. The lowest BCUT2D eigenvalue weighted by molar-refractivity contribution is -0.118. The molecule has 2 aromatic carbocycles. The molecule has 1 aromatic heterocycles. The average molecular weight is 426 g/mol. The average Bonchev–Trinajstić information content (AvgIpc) is 3.19. The Morgan fingerprint density at radius 3 is 2.50 bits per heavy atom. The number of thioether (sulfide) groups is 1. The smallest absolute Gasteiger partial charge is 0.250 e. The van der Waals surface area contributed by atoms with Crippen LogP contribution in [0.4, 0.5) is 0 Å². The molecule has 8 nitrogen and oxygen atoms in total. The molecule has 0 saturated heterocycles. The van der Waals surface area contributed by atoms with Crippen molar-refractivity contribution in [2.75, 3.05) is 12.9 Å². The molecule has 0 aliphatic rings. The van der Waals surface area contributed by atoms with Crippen LogP contribution in [0.1, 0.15) is 19.4 Å². The molecular weight excluding hydrogens is 402 g/mol. The molecule has 0 atom stereocenters. The normalized spacial score (nSPS) is 11.4. The monoisotopic (exact) mass is 425 g/mol. The Labute approximate surface area is 179 Å². The number of nitrogens with one attached hydrogen (secondary N) is 1. The molecule has 0 aliphatic carbocycles. The van der Waals surface area contributed by atoms with Crippen LogP contribution >= 0.6 is 11.8 Å². The second kappa shape index (κ2) is 9.93. The molecule has 3 aromatic rings. The first kappa shape index (κ1) is 21.4. The van der Waals surface area contributed by atoms with Crippen molar-refractivity contribution in [2.45, 2.75) is 25.5 Å². The maximum Gasteiger partial charge on any atom is 0.250 e. The summed E-state index contributed by atoms with van der Waals surface area (Å²) >= 11 is 1.30. The molecule has 1 amide bonds. The van der Waals surface area contributed by atoms with E-state index < -0.39 is 0 Å². The van der Waals surface area contributed by atoms with Crippen LogP contribution in [0.5, 0.6) is 11.5 Å². The van der Waals surface area contributed by atoms with Gasteiger partial charge >= 0.3 is 0 Å². The Bertz CT molecular complexity index is 1030. The van der Waals surface area contributed by atoms with E-state index in [1.165, 1.54) is 11.8 Å². The van der Waals surface area contributed by atoms with Crippen molar-refractivity contribution in [1.82, 2.24) is 20.2 Å². The van der Waals surface area contributed by atoms with E-state index in [0.717, 1.165) is 22.7 Å². The third-order valence-electron chi connectivity index (χ3n) is 4.35. The number of hydrazone groups is 1. The van der Waals surface area contributed by atoms with Crippen LogP contribution in [0.15, 0.2) is 58.8 Å². The van der Waals surface area contributed by atoms with E-state index in [9.17, 15) is 9.90 Å². The van der Waals surface area contributed by atoms with Crippen molar-refractivity contribution < 1.29 is 14.6 Å². The van der Waals surface area contributed by atoms with Gasteiger partial charge in [0.05, 0.1) is 18.6 Å². The zero-order valence-corrected chi connectivity index (χ0v) is 17.8. The molecule has 9 heteroatoms. The van der Waals surface area contributed by atoms with Gasteiger partial charge in [0.25, 0.3) is 5.91 Å². The predicted octanol–water partition coefficient (Wildman–Crippen LogP) is 3.31. The van der Waals surface area contributed by atoms with E-state index >= 15 is 0 Å². The maximum atomic E-state index is 12.2. The first-order valence-corrected chi connectivity index (χ1v) is 10.3. The number of ether oxygens (including phenoxy) is 1. The molecule has 0 unspecified atom stereocenters. The molecule has 0 saturated carbocycles. The Morgan fingerprint density at radius 2 is 1.87 bits per heavy atom. The molecule has 2 N–H and O–H groups in total. The van der Waals surface area contributed by atoms with Gasteiger partial charge in [-0.05, 0) is 67.9 Å². The van der Waals surface area contributed by atoms with E-state index in [2.05, 4.69) is 20.7 Å². The third kappa shape index (κ3) is 5.18. The van der Waals surface area contributed by atoms with Gasteiger partial charge in [-0.3, -0.25) is 4.79 Å². The lowest BCUT2D eigenvalue weighted by Gasteiger charge is -2.08. The number of hydrogen-bond acceptors (Lipinski definition) is 7. The van der Waals surface area contributed by atoms with E-state index in [-0.39, 0.29) is 17.4 Å². The topological polar surface area (TPSA) is 102 Å². The highest BCUT2D eigenvalue weighted by molar-refractivity contribution is 7.99. The van der Waals surface area contributed by atoms with E-state index in [4.69, 9.17) is 4.74 Å². The van der Waals surface area contributed by atoms with E-state index in [1.807, 2.05) is 35.8 Å². The largest absolute Gasteiger partial charge is 0.508 e. The van der Waals surface area contributed by atoms with Crippen molar-refractivity contribution in [2.24, 2.45) is 5.10 Å². The Hall–Kier alpha value is -3.33. The van der Waals surface area contributed by atoms with Gasteiger partial charge in [-0.1, -0.05) is 11.8 Å². The zero-order valence-electron chi connectivity index (χ0n) is 17.0. The van der Waals surface area contributed by atoms with Crippen molar-refractivity contribution >= 4 is 23.4 Å². The van der Waals surface area contributed by atoms with Crippen LogP contribution in [-0.2, 0) is 11.3 Å². The lowest BCUT2D eigenvalue weighted by Crippen LogP contribution is -2.21. The van der Waals surface area contributed by atoms with Crippen molar-refractivity contribution in [3.05, 3.63) is 54.1 Å². The molecule has 0 bridgehead atoms. The summed E-state index contributed by atoms with van der Waals surface area (Å²) in [5.41, 5.74) is 4.94. The molecule has 0 fully saturated rings. The molecule has 3 rings (SSSR count). The number of methoxy groups -OCH3 is 1. The highest BCUT2D eigenvalue weighted by Gasteiger charge is 2.14. The molecule has 0 spiro atoms. The van der Waals surface area contributed by atoms with Gasteiger partial charge in [0, 0.05) is 12.1 Å². The predicted molar refractivity (Wildman–Crippen MR) is 117 cm³/mol. The molecular formula is C21H23N5O3S. The summed E-state index contributed by atoms with van der Waals surface area (Å²) in [6.45, 7) is 4.47. The molecule has 0 aliphatic heterocycles. The first-order chi connectivity index (χ1) is 14.5. The summed E-state index contributed by atoms with van der Waals surface area (Å²) in [5, 5.41) is 22.6. The number of benzene rings is 2. The quantitative estimate of drug-likeness (QED) is 0.326. The van der Waals surface area contributed by atoms with Crippen molar-refractivity contribution in [1.29, 1.82) is 0 Å². The summed E-state index contributed by atoms with van der Waals surface area (Å²) in [6.07, 6.45) is 0. The minimum atomic E-state index is -0.241. The third-order valence-corrected chi connectivity index (χ3v) is 5.31. The van der Waals surface area contributed by atoms with Crippen molar-refractivity contribution in [3.8, 4) is 22.9 Å². The summed E-state index contributed by atoms with van der Waals surface area (Å²) in [4.78, 5) is 12.2. The van der Waals surface area contributed by atoms with Gasteiger partial charge in [-0.15, -0.1) is 10.2 Å². The number of aromatic hydroxyl groups is 1. The Morgan fingerprint density at radius 1 is 1.17 bits per heavy atom. The number of nitrogens with zero attached hydrogens (tertiary/aromatic N) is 4. The summed E-state index contributed by atoms with van der Waals surface area (Å²) in [5.74, 6) is 1.61. The Balaban J connectivity index is 1.62. The van der Waals surface area contributed by atoms with E-state index in [1.54, 1.807) is 38.3 Å². The van der Waals surface area contributed by atoms with Gasteiger partial charge in [0.15, 0.2) is 11.0 Å². The highest BCUT2D eigenvalue weighted by atomic mass is 32.2. The van der Waals surface area contributed by atoms with Gasteiger partial charge in [0.2, 0.25) is 0 Å². The zero-order chi connectivity index (χ0) is 21.5. The number of phenolic OH excluding ortho intramolecular Hbond substituents is 1. The fraction of sp³-hybridized carbons (Fsp3) is 0.238. The highest BCUT2D eigenvalue weighted by Crippen LogP contribution is 2.25. The number of hydrogen-bond donors (Lipinski definition) is 2. The second-order valence-electron chi connectivity index (χ2n) is 6.35. The van der Waals surface area contributed by atoms with Gasteiger partial charge in [-0.2, -0.15) is 5.10 Å². The van der Waals surface area contributed by atoms with Gasteiger partial charge < -0.3 is 14.4 Å². The molecule has 1 heterocycles. The summed E-state index contributed by atoms with van der Waals surface area (Å²) in [6, 6.07) is 14.2.